The third-order valence-electron chi connectivity index (χ3n) is 3.79. The lowest BCUT2D eigenvalue weighted by Crippen LogP contribution is -2.44. The standard InChI is InChI=1S/C16H27NO2S/c1-5-11-17-16(13(3)20(4,18)19)12-15-9-7-14(6-2)8-10-15/h7-10,13,16-17H,5-6,11-12H2,1-4H3. The summed E-state index contributed by atoms with van der Waals surface area (Å²) in [6.07, 6.45) is 4.09. The lowest BCUT2D eigenvalue weighted by molar-refractivity contribution is 0.482. The maximum absolute atomic E-state index is 11.8. The van der Waals surface area contributed by atoms with Gasteiger partial charge in [0.05, 0.1) is 5.25 Å². The van der Waals surface area contributed by atoms with E-state index in [-0.39, 0.29) is 11.3 Å². The number of nitrogens with one attached hydrogen (secondary N) is 1. The molecule has 1 N–H and O–H groups in total. The second-order valence-electron chi connectivity index (χ2n) is 5.47. The van der Waals surface area contributed by atoms with E-state index in [1.165, 1.54) is 17.4 Å². The van der Waals surface area contributed by atoms with Crippen molar-refractivity contribution in [2.24, 2.45) is 0 Å². The summed E-state index contributed by atoms with van der Waals surface area (Å²) in [6, 6.07) is 8.43. The highest BCUT2D eigenvalue weighted by Gasteiger charge is 2.25. The summed E-state index contributed by atoms with van der Waals surface area (Å²) in [5.74, 6) is 0. The molecule has 0 aliphatic heterocycles. The van der Waals surface area contributed by atoms with Crippen LogP contribution in [0.3, 0.4) is 0 Å². The van der Waals surface area contributed by atoms with Crippen LogP contribution in [0.1, 0.15) is 38.3 Å². The van der Waals surface area contributed by atoms with Crippen molar-refractivity contribution >= 4 is 9.84 Å². The molecular formula is C16H27NO2S. The molecule has 0 heterocycles. The fraction of sp³-hybridized carbons (Fsp3) is 0.625. The Labute approximate surface area is 123 Å². The van der Waals surface area contributed by atoms with Gasteiger partial charge in [-0.05, 0) is 43.9 Å². The minimum atomic E-state index is -3.03. The Morgan fingerprint density at radius 2 is 1.65 bits per heavy atom. The zero-order valence-electron chi connectivity index (χ0n) is 13.0. The van der Waals surface area contributed by atoms with Crippen molar-refractivity contribution in [2.75, 3.05) is 12.8 Å². The molecule has 0 aliphatic carbocycles. The predicted octanol–water partition coefficient (Wildman–Crippen LogP) is 2.59. The Bertz CT molecular complexity index is 494. The van der Waals surface area contributed by atoms with Crippen LogP contribution in [0.25, 0.3) is 0 Å². The van der Waals surface area contributed by atoms with Crippen molar-refractivity contribution in [3.8, 4) is 0 Å². The molecule has 3 nitrogen and oxygen atoms in total. The molecule has 114 valence electrons. The highest BCUT2D eigenvalue weighted by Crippen LogP contribution is 2.13. The van der Waals surface area contributed by atoms with Crippen LogP contribution < -0.4 is 5.32 Å². The number of sulfone groups is 1. The summed E-state index contributed by atoms with van der Waals surface area (Å²) in [7, 11) is -3.03. The van der Waals surface area contributed by atoms with E-state index < -0.39 is 9.84 Å². The number of hydrogen-bond donors (Lipinski definition) is 1. The first-order valence-corrected chi connectivity index (χ1v) is 9.34. The van der Waals surface area contributed by atoms with E-state index in [1.807, 2.05) is 0 Å². The maximum Gasteiger partial charge on any atom is 0.151 e. The normalized spacial score (nSPS) is 15.0. The van der Waals surface area contributed by atoms with Gasteiger partial charge < -0.3 is 5.32 Å². The van der Waals surface area contributed by atoms with Crippen LogP contribution >= 0.6 is 0 Å². The first-order valence-electron chi connectivity index (χ1n) is 7.38. The highest BCUT2D eigenvalue weighted by molar-refractivity contribution is 7.91. The molecule has 20 heavy (non-hydrogen) atoms. The van der Waals surface area contributed by atoms with Gasteiger partial charge in [-0.15, -0.1) is 0 Å². The molecule has 0 saturated heterocycles. The maximum atomic E-state index is 11.8. The van der Waals surface area contributed by atoms with Gasteiger partial charge in [-0.3, -0.25) is 0 Å². The number of aryl methyl sites for hydroxylation is 1. The van der Waals surface area contributed by atoms with Gasteiger partial charge in [0.25, 0.3) is 0 Å². The Balaban J connectivity index is 2.82. The lowest BCUT2D eigenvalue weighted by atomic mass is 10.0. The molecule has 2 unspecified atom stereocenters. The van der Waals surface area contributed by atoms with Crippen LogP contribution in [0.5, 0.6) is 0 Å². The Kier molecular flexibility index (Phi) is 6.69. The van der Waals surface area contributed by atoms with E-state index in [0.29, 0.717) is 0 Å². The molecule has 0 spiro atoms. The number of rotatable bonds is 8. The molecule has 0 fully saturated rings. The third kappa shape index (κ3) is 5.25. The summed E-state index contributed by atoms with van der Waals surface area (Å²) < 4.78 is 23.6. The molecule has 1 aromatic carbocycles. The lowest BCUT2D eigenvalue weighted by Gasteiger charge is -2.24. The summed E-state index contributed by atoms with van der Waals surface area (Å²) >= 11 is 0. The SMILES string of the molecule is CCCNC(Cc1ccc(CC)cc1)C(C)S(C)(=O)=O. The van der Waals surface area contributed by atoms with Crippen LogP contribution in [0.15, 0.2) is 24.3 Å². The number of benzene rings is 1. The molecule has 0 amide bonds. The van der Waals surface area contributed by atoms with Crippen LogP contribution in [-0.4, -0.2) is 32.5 Å². The van der Waals surface area contributed by atoms with E-state index in [9.17, 15) is 8.42 Å². The van der Waals surface area contributed by atoms with Crippen molar-refractivity contribution in [1.29, 1.82) is 0 Å². The van der Waals surface area contributed by atoms with Crippen LogP contribution in [0.4, 0.5) is 0 Å². The monoisotopic (exact) mass is 297 g/mol. The van der Waals surface area contributed by atoms with E-state index in [1.54, 1.807) is 6.92 Å². The summed E-state index contributed by atoms with van der Waals surface area (Å²) in [5.41, 5.74) is 2.49. The quantitative estimate of drug-likeness (QED) is 0.802. The molecule has 0 saturated carbocycles. The minimum absolute atomic E-state index is 0.0302. The van der Waals surface area contributed by atoms with Crippen molar-refractivity contribution in [3.05, 3.63) is 35.4 Å². The Morgan fingerprint density at radius 1 is 1.10 bits per heavy atom. The Hall–Kier alpha value is -0.870. The van der Waals surface area contributed by atoms with Gasteiger partial charge in [-0.1, -0.05) is 38.1 Å². The van der Waals surface area contributed by atoms with Crippen LogP contribution in [0.2, 0.25) is 0 Å². The smallest absolute Gasteiger partial charge is 0.151 e. The van der Waals surface area contributed by atoms with Crippen LogP contribution in [-0.2, 0) is 22.7 Å². The van der Waals surface area contributed by atoms with E-state index >= 15 is 0 Å². The summed E-state index contributed by atoms with van der Waals surface area (Å²) in [4.78, 5) is 0. The summed E-state index contributed by atoms with van der Waals surface area (Å²) in [5, 5.41) is 3.00. The zero-order chi connectivity index (χ0) is 15.2. The van der Waals surface area contributed by atoms with Gasteiger partial charge in [-0.25, -0.2) is 8.42 Å². The molecule has 0 aliphatic rings. The molecule has 0 bridgehead atoms. The van der Waals surface area contributed by atoms with Crippen molar-refractivity contribution in [2.45, 2.75) is 51.3 Å². The average molecular weight is 297 g/mol. The van der Waals surface area contributed by atoms with Gasteiger partial charge in [0.15, 0.2) is 9.84 Å². The van der Waals surface area contributed by atoms with Crippen LogP contribution in [0, 0.1) is 0 Å². The molecule has 0 aromatic heterocycles. The zero-order valence-corrected chi connectivity index (χ0v) is 13.8. The molecule has 4 heteroatoms. The highest BCUT2D eigenvalue weighted by atomic mass is 32.2. The fourth-order valence-corrected chi connectivity index (χ4v) is 2.99. The molecule has 1 aromatic rings. The first kappa shape index (κ1) is 17.2. The van der Waals surface area contributed by atoms with Gasteiger partial charge in [0.2, 0.25) is 0 Å². The average Bonchev–Trinajstić information content (AvgIpc) is 2.42. The van der Waals surface area contributed by atoms with E-state index in [4.69, 9.17) is 0 Å². The number of hydrogen-bond acceptors (Lipinski definition) is 3. The second kappa shape index (κ2) is 7.79. The van der Waals surface area contributed by atoms with E-state index in [0.717, 1.165) is 25.8 Å². The fourth-order valence-electron chi connectivity index (χ4n) is 2.20. The third-order valence-corrected chi connectivity index (χ3v) is 5.46. The van der Waals surface area contributed by atoms with Crippen molar-refractivity contribution in [3.63, 3.8) is 0 Å². The van der Waals surface area contributed by atoms with Crippen molar-refractivity contribution < 1.29 is 8.42 Å². The summed E-state index contributed by atoms with van der Waals surface area (Å²) in [6.45, 7) is 6.86. The molecule has 1 rings (SSSR count). The van der Waals surface area contributed by atoms with Gasteiger partial charge in [-0.2, -0.15) is 0 Å². The van der Waals surface area contributed by atoms with Gasteiger partial charge >= 0.3 is 0 Å². The minimum Gasteiger partial charge on any atom is -0.312 e. The van der Waals surface area contributed by atoms with E-state index in [2.05, 4.69) is 43.4 Å². The molecule has 0 radical (unpaired) electrons. The largest absolute Gasteiger partial charge is 0.312 e. The molecular weight excluding hydrogens is 270 g/mol. The topological polar surface area (TPSA) is 46.2 Å². The first-order chi connectivity index (χ1) is 9.38. The van der Waals surface area contributed by atoms with Gasteiger partial charge in [0, 0.05) is 12.3 Å². The second-order valence-corrected chi connectivity index (χ2v) is 7.87. The van der Waals surface area contributed by atoms with Gasteiger partial charge in [0.1, 0.15) is 0 Å². The molecule has 2 atom stereocenters. The Morgan fingerprint density at radius 3 is 2.10 bits per heavy atom. The predicted molar refractivity (Wildman–Crippen MR) is 85.9 cm³/mol. The van der Waals surface area contributed by atoms with Crippen molar-refractivity contribution in [1.82, 2.24) is 5.32 Å².